The lowest BCUT2D eigenvalue weighted by molar-refractivity contribution is -0.137. The van der Waals surface area contributed by atoms with Gasteiger partial charge in [-0.1, -0.05) is 11.3 Å². The quantitative estimate of drug-likeness (QED) is 0.822. The maximum Gasteiger partial charge on any atom is 0.325 e. The van der Waals surface area contributed by atoms with Crippen molar-refractivity contribution in [3.63, 3.8) is 0 Å². The lowest BCUT2D eigenvalue weighted by Crippen LogP contribution is -2.12. The van der Waals surface area contributed by atoms with Crippen LogP contribution in [0.2, 0.25) is 0 Å². The molecule has 1 heterocycles. The zero-order chi connectivity index (χ0) is 15.2. The number of aliphatic carboxylic acids is 1. The molecule has 0 unspecified atom stereocenters. The predicted octanol–water partition coefficient (Wildman–Crippen LogP) is 1.01. The van der Waals surface area contributed by atoms with Gasteiger partial charge in [-0.05, 0) is 19.1 Å². The van der Waals surface area contributed by atoms with Crippen molar-refractivity contribution < 1.29 is 19.4 Å². The molecule has 21 heavy (non-hydrogen) atoms. The average molecular weight is 290 g/mol. The molecular formula is C13H14N4O4. The van der Waals surface area contributed by atoms with Gasteiger partial charge in [0.1, 0.15) is 12.3 Å². The molecule has 0 aliphatic rings. The summed E-state index contributed by atoms with van der Waals surface area (Å²) in [6, 6.07) is 6.93. The number of amides is 1. The van der Waals surface area contributed by atoms with Crippen LogP contribution in [0.3, 0.4) is 0 Å². The number of benzene rings is 1. The minimum absolute atomic E-state index is 0.0399. The minimum atomic E-state index is -1.06. The predicted molar refractivity (Wildman–Crippen MR) is 73.2 cm³/mol. The van der Waals surface area contributed by atoms with Gasteiger partial charge in [-0.2, -0.15) is 0 Å². The fourth-order valence-corrected chi connectivity index (χ4v) is 1.64. The Labute approximate surface area is 120 Å². The smallest absolute Gasteiger partial charge is 0.325 e. The summed E-state index contributed by atoms with van der Waals surface area (Å²) in [5.41, 5.74) is 0.594. The topological polar surface area (TPSA) is 106 Å². The summed E-state index contributed by atoms with van der Waals surface area (Å²) in [7, 11) is 0. The van der Waals surface area contributed by atoms with Gasteiger partial charge < -0.3 is 15.2 Å². The Morgan fingerprint density at radius 2 is 2.24 bits per heavy atom. The number of carboxylic acid groups (broad SMARTS) is 1. The lowest BCUT2D eigenvalue weighted by atomic mass is 10.3. The van der Waals surface area contributed by atoms with Crippen LogP contribution in [0.1, 0.15) is 17.4 Å². The van der Waals surface area contributed by atoms with Gasteiger partial charge in [-0.25, -0.2) is 4.68 Å². The number of rotatable bonds is 6. The van der Waals surface area contributed by atoms with Gasteiger partial charge in [-0.15, -0.1) is 5.10 Å². The molecule has 0 fully saturated rings. The Morgan fingerprint density at radius 1 is 1.43 bits per heavy atom. The lowest BCUT2D eigenvalue weighted by Gasteiger charge is -2.06. The molecule has 2 rings (SSSR count). The molecule has 0 aliphatic carbocycles. The van der Waals surface area contributed by atoms with E-state index in [2.05, 4.69) is 15.6 Å². The first-order chi connectivity index (χ1) is 10.1. The van der Waals surface area contributed by atoms with Crippen molar-refractivity contribution in [2.75, 3.05) is 11.9 Å². The van der Waals surface area contributed by atoms with Crippen molar-refractivity contribution in [1.82, 2.24) is 15.0 Å². The molecule has 0 aliphatic heterocycles. The molecule has 0 radical (unpaired) electrons. The van der Waals surface area contributed by atoms with E-state index in [1.54, 1.807) is 24.3 Å². The highest BCUT2D eigenvalue weighted by Gasteiger charge is 2.12. The van der Waals surface area contributed by atoms with Crippen LogP contribution in [0.25, 0.3) is 0 Å². The summed E-state index contributed by atoms with van der Waals surface area (Å²) < 4.78 is 6.41. The van der Waals surface area contributed by atoms with Gasteiger partial charge in [0.25, 0.3) is 5.91 Å². The number of hydrogen-bond donors (Lipinski definition) is 2. The fourth-order valence-electron chi connectivity index (χ4n) is 1.64. The third-order valence-electron chi connectivity index (χ3n) is 2.47. The second-order valence-corrected chi connectivity index (χ2v) is 4.11. The van der Waals surface area contributed by atoms with Gasteiger partial charge in [0, 0.05) is 11.8 Å². The van der Waals surface area contributed by atoms with Crippen molar-refractivity contribution in [3.05, 3.63) is 36.2 Å². The van der Waals surface area contributed by atoms with E-state index in [-0.39, 0.29) is 12.2 Å². The molecule has 2 aromatic rings. The Bertz CT molecular complexity index is 653. The molecular weight excluding hydrogens is 276 g/mol. The summed E-state index contributed by atoms with van der Waals surface area (Å²) in [4.78, 5) is 22.5. The molecule has 8 heteroatoms. The Balaban J connectivity index is 2.05. The Hall–Kier alpha value is -2.90. The SMILES string of the molecule is CCOc1cccc(NC(=O)c2cn(CC(=O)O)nn2)c1. The fraction of sp³-hybridized carbons (Fsp3) is 0.231. The first-order valence-electron chi connectivity index (χ1n) is 6.24. The molecule has 0 bridgehead atoms. The maximum absolute atomic E-state index is 12.0. The van der Waals surface area contributed by atoms with Crippen molar-refractivity contribution in [3.8, 4) is 5.75 Å². The van der Waals surface area contributed by atoms with Crippen LogP contribution in [0.15, 0.2) is 30.5 Å². The first-order valence-corrected chi connectivity index (χ1v) is 6.24. The minimum Gasteiger partial charge on any atom is -0.494 e. The van der Waals surface area contributed by atoms with E-state index in [1.165, 1.54) is 6.20 Å². The molecule has 1 amide bonds. The number of carbonyl (C=O) groups excluding carboxylic acids is 1. The molecule has 0 saturated carbocycles. The van der Waals surface area contributed by atoms with E-state index in [4.69, 9.17) is 9.84 Å². The number of aromatic nitrogens is 3. The summed E-state index contributed by atoms with van der Waals surface area (Å²) in [6.07, 6.45) is 1.27. The highest BCUT2D eigenvalue weighted by molar-refractivity contribution is 6.02. The maximum atomic E-state index is 12.0. The number of nitrogens with zero attached hydrogens (tertiary/aromatic N) is 3. The van der Waals surface area contributed by atoms with E-state index in [0.29, 0.717) is 18.0 Å². The van der Waals surface area contributed by atoms with Crippen molar-refractivity contribution >= 4 is 17.6 Å². The highest BCUT2D eigenvalue weighted by atomic mass is 16.5. The Kier molecular flexibility index (Phi) is 4.50. The third-order valence-corrected chi connectivity index (χ3v) is 2.47. The molecule has 0 atom stereocenters. The standard InChI is InChI=1S/C13H14N4O4/c1-2-21-10-5-3-4-9(6-10)14-13(20)11-7-17(16-15-11)8-12(18)19/h3-7H,2,8H2,1H3,(H,14,20)(H,18,19). The van der Waals surface area contributed by atoms with E-state index >= 15 is 0 Å². The summed E-state index contributed by atoms with van der Waals surface area (Å²) in [5.74, 6) is -0.888. The molecule has 1 aromatic heterocycles. The zero-order valence-electron chi connectivity index (χ0n) is 11.3. The number of carboxylic acids is 1. The first kappa shape index (κ1) is 14.5. The van der Waals surface area contributed by atoms with Crippen LogP contribution in [-0.4, -0.2) is 38.6 Å². The van der Waals surface area contributed by atoms with Gasteiger partial charge >= 0.3 is 5.97 Å². The van der Waals surface area contributed by atoms with Crippen LogP contribution in [0.4, 0.5) is 5.69 Å². The van der Waals surface area contributed by atoms with Gasteiger partial charge in [0.15, 0.2) is 5.69 Å². The number of hydrogen-bond acceptors (Lipinski definition) is 5. The monoisotopic (exact) mass is 290 g/mol. The normalized spacial score (nSPS) is 10.1. The highest BCUT2D eigenvalue weighted by Crippen LogP contribution is 2.17. The molecule has 1 aromatic carbocycles. The van der Waals surface area contributed by atoms with Crippen LogP contribution < -0.4 is 10.1 Å². The van der Waals surface area contributed by atoms with Crippen LogP contribution in [-0.2, 0) is 11.3 Å². The van der Waals surface area contributed by atoms with E-state index in [9.17, 15) is 9.59 Å². The number of nitrogens with one attached hydrogen (secondary N) is 1. The summed E-state index contributed by atoms with van der Waals surface area (Å²) in [5, 5.41) is 18.5. The van der Waals surface area contributed by atoms with Gasteiger partial charge in [0.05, 0.1) is 12.8 Å². The van der Waals surface area contributed by atoms with Gasteiger partial charge in [-0.3, -0.25) is 9.59 Å². The molecule has 2 N–H and O–H groups in total. The van der Waals surface area contributed by atoms with Crippen molar-refractivity contribution in [2.45, 2.75) is 13.5 Å². The largest absolute Gasteiger partial charge is 0.494 e. The third kappa shape index (κ3) is 4.03. The second kappa shape index (κ2) is 6.51. The van der Waals surface area contributed by atoms with Crippen molar-refractivity contribution in [2.24, 2.45) is 0 Å². The summed E-state index contributed by atoms with van der Waals surface area (Å²) >= 11 is 0. The van der Waals surface area contributed by atoms with Gasteiger partial charge in [0.2, 0.25) is 0 Å². The second-order valence-electron chi connectivity index (χ2n) is 4.11. The Morgan fingerprint density at radius 3 is 2.95 bits per heavy atom. The molecule has 0 spiro atoms. The van der Waals surface area contributed by atoms with Crippen LogP contribution >= 0.6 is 0 Å². The van der Waals surface area contributed by atoms with E-state index in [0.717, 1.165) is 4.68 Å². The van der Waals surface area contributed by atoms with Crippen LogP contribution in [0.5, 0.6) is 5.75 Å². The number of ether oxygens (including phenoxy) is 1. The van der Waals surface area contributed by atoms with Crippen LogP contribution in [0, 0.1) is 0 Å². The molecule has 0 saturated heterocycles. The number of anilines is 1. The molecule has 110 valence electrons. The molecule has 8 nitrogen and oxygen atoms in total. The van der Waals surface area contributed by atoms with E-state index < -0.39 is 11.9 Å². The summed E-state index contributed by atoms with van der Waals surface area (Å²) in [6.45, 7) is 2.05. The van der Waals surface area contributed by atoms with E-state index in [1.807, 2.05) is 6.92 Å². The zero-order valence-corrected chi connectivity index (χ0v) is 11.3. The number of carbonyl (C=O) groups is 2. The average Bonchev–Trinajstić information content (AvgIpc) is 2.87. The van der Waals surface area contributed by atoms with Crippen molar-refractivity contribution in [1.29, 1.82) is 0 Å².